The van der Waals surface area contributed by atoms with E-state index in [0.717, 1.165) is 12.5 Å². The number of hydrogen-bond donors (Lipinski definition) is 2. The van der Waals surface area contributed by atoms with Gasteiger partial charge in [0.1, 0.15) is 0 Å². The molecule has 3 heteroatoms. The molecule has 0 bridgehead atoms. The second-order valence-corrected chi connectivity index (χ2v) is 5.65. The van der Waals surface area contributed by atoms with Gasteiger partial charge in [0.2, 0.25) is 0 Å². The molecule has 2 N–H and O–H groups in total. The van der Waals surface area contributed by atoms with Crippen molar-refractivity contribution in [1.29, 1.82) is 0 Å². The van der Waals surface area contributed by atoms with Crippen molar-refractivity contribution < 1.29 is 5.11 Å². The highest BCUT2D eigenvalue weighted by Crippen LogP contribution is 2.14. The Morgan fingerprint density at radius 3 is 2.44 bits per heavy atom. The Balaban J connectivity index is 3.81. The fourth-order valence-corrected chi connectivity index (χ4v) is 2.52. The first-order chi connectivity index (χ1) is 7.69. The van der Waals surface area contributed by atoms with Gasteiger partial charge in [-0.15, -0.1) is 0 Å². The highest BCUT2D eigenvalue weighted by molar-refractivity contribution is 7.99. The van der Waals surface area contributed by atoms with Crippen LogP contribution in [-0.2, 0) is 0 Å². The molecule has 3 atom stereocenters. The van der Waals surface area contributed by atoms with Crippen LogP contribution >= 0.6 is 11.8 Å². The molecule has 0 aromatic carbocycles. The van der Waals surface area contributed by atoms with E-state index in [1.54, 1.807) is 11.8 Å². The van der Waals surface area contributed by atoms with Gasteiger partial charge in [-0.25, -0.2) is 0 Å². The Morgan fingerprint density at radius 1 is 1.31 bits per heavy atom. The van der Waals surface area contributed by atoms with Crippen LogP contribution in [0.5, 0.6) is 0 Å². The maximum atomic E-state index is 9.20. The van der Waals surface area contributed by atoms with Crippen molar-refractivity contribution in [3.8, 4) is 0 Å². The zero-order chi connectivity index (χ0) is 12.4. The zero-order valence-corrected chi connectivity index (χ0v) is 12.1. The summed E-state index contributed by atoms with van der Waals surface area (Å²) in [6.45, 7) is 8.04. The molecule has 0 saturated heterocycles. The highest BCUT2D eigenvalue weighted by atomic mass is 32.2. The van der Waals surface area contributed by atoms with Crippen LogP contribution in [0.4, 0.5) is 0 Å². The standard InChI is InChI=1S/C13H29NOS/c1-5-7-8-12(6-2)9-14-11(3)13(10-15)16-4/h11-15H,5-10H2,1-4H3. The number of hydrogen-bond acceptors (Lipinski definition) is 3. The molecule has 0 fully saturated rings. The van der Waals surface area contributed by atoms with Crippen LogP contribution in [0, 0.1) is 5.92 Å². The fourth-order valence-electron chi connectivity index (χ4n) is 1.86. The Morgan fingerprint density at radius 2 is 2.00 bits per heavy atom. The van der Waals surface area contributed by atoms with E-state index in [9.17, 15) is 5.11 Å². The normalized spacial score (nSPS) is 17.1. The van der Waals surface area contributed by atoms with Crippen LogP contribution < -0.4 is 5.32 Å². The minimum atomic E-state index is 0.265. The Hall–Kier alpha value is 0.270. The van der Waals surface area contributed by atoms with Crippen molar-refractivity contribution in [3.05, 3.63) is 0 Å². The topological polar surface area (TPSA) is 32.3 Å². The van der Waals surface area contributed by atoms with E-state index in [4.69, 9.17) is 0 Å². The van der Waals surface area contributed by atoms with Gasteiger partial charge in [0.05, 0.1) is 6.61 Å². The van der Waals surface area contributed by atoms with E-state index in [1.165, 1.54) is 25.7 Å². The van der Waals surface area contributed by atoms with Gasteiger partial charge in [0.15, 0.2) is 0 Å². The first kappa shape index (κ1) is 16.3. The molecule has 0 aliphatic carbocycles. The summed E-state index contributed by atoms with van der Waals surface area (Å²) in [6, 6.07) is 0.399. The van der Waals surface area contributed by atoms with Gasteiger partial charge in [-0.1, -0.05) is 33.1 Å². The highest BCUT2D eigenvalue weighted by Gasteiger charge is 2.15. The first-order valence-corrected chi connectivity index (χ1v) is 7.85. The molecular weight excluding hydrogens is 218 g/mol. The smallest absolute Gasteiger partial charge is 0.0564 e. The van der Waals surface area contributed by atoms with Crippen LogP contribution in [0.2, 0.25) is 0 Å². The number of unbranched alkanes of at least 4 members (excludes halogenated alkanes) is 1. The Bertz CT molecular complexity index is 151. The van der Waals surface area contributed by atoms with Gasteiger partial charge in [0.25, 0.3) is 0 Å². The maximum Gasteiger partial charge on any atom is 0.0564 e. The zero-order valence-electron chi connectivity index (χ0n) is 11.3. The number of aliphatic hydroxyl groups excluding tert-OH is 1. The van der Waals surface area contributed by atoms with E-state index in [-0.39, 0.29) is 6.61 Å². The van der Waals surface area contributed by atoms with Crippen LogP contribution in [0.15, 0.2) is 0 Å². The van der Waals surface area contributed by atoms with Gasteiger partial charge in [-0.05, 0) is 32.1 Å². The van der Waals surface area contributed by atoms with Crippen molar-refractivity contribution >= 4 is 11.8 Å². The lowest BCUT2D eigenvalue weighted by atomic mass is 9.99. The van der Waals surface area contributed by atoms with Crippen molar-refractivity contribution in [2.24, 2.45) is 5.92 Å². The Kier molecular flexibility index (Phi) is 10.6. The third kappa shape index (κ3) is 6.77. The maximum absolute atomic E-state index is 9.20. The van der Waals surface area contributed by atoms with Gasteiger partial charge >= 0.3 is 0 Å². The van der Waals surface area contributed by atoms with E-state index < -0.39 is 0 Å². The molecule has 0 saturated carbocycles. The van der Waals surface area contributed by atoms with Crippen LogP contribution in [0.1, 0.15) is 46.5 Å². The van der Waals surface area contributed by atoms with E-state index in [2.05, 4.69) is 32.3 Å². The number of rotatable bonds is 10. The average Bonchev–Trinajstić information content (AvgIpc) is 2.31. The molecule has 0 spiro atoms. The molecule has 0 rings (SSSR count). The predicted octanol–water partition coefficient (Wildman–Crippen LogP) is 2.90. The number of aliphatic hydroxyl groups is 1. The van der Waals surface area contributed by atoms with Crippen molar-refractivity contribution in [3.63, 3.8) is 0 Å². The SMILES string of the molecule is CCCCC(CC)CNC(C)C(CO)SC. The monoisotopic (exact) mass is 247 g/mol. The van der Waals surface area contributed by atoms with Crippen LogP contribution in [0.25, 0.3) is 0 Å². The van der Waals surface area contributed by atoms with Crippen molar-refractivity contribution in [1.82, 2.24) is 5.32 Å². The average molecular weight is 247 g/mol. The first-order valence-electron chi connectivity index (χ1n) is 6.56. The fraction of sp³-hybridized carbons (Fsp3) is 1.00. The molecular formula is C13H29NOS. The van der Waals surface area contributed by atoms with Crippen LogP contribution in [0.3, 0.4) is 0 Å². The lowest BCUT2D eigenvalue weighted by Crippen LogP contribution is -2.40. The van der Waals surface area contributed by atoms with E-state index in [0.29, 0.717) is 11.3 Å². The summed E-state index contributed by atoms with van der Waals surface area (Å²) in [5.41, 5.74) is 0. The predicted molar refractivity (Wildman–Crippen MR) is 75.2 cm³/mol. The Labute approximate surface area is 106 Å². The molecule has 0 aliphatic heterocycles. The van der Waals surface area contributed by atoms with Crippen molar-refractivity contribution in [2.45, 2.75) is 57.7 Å². The lowest BCUT2D eigenvalue weighted by Gasteiger charge is -2.24. The third-order valence-corrected chi connectivity index (χ3v) is 4.47. The molecule has 3 unspecified atom stereocenters. The summed E-state index contributed by atoms with van der Waals surface area (Å²) in [5, 5.41) is 13.1. The van der Waals surface area contributed by atoms with Gasteiger partial charge < -0.3 is 10.4 Å². The molecule has 0 aromatic rings. The molecule has 0 aromatic heterocycles. The summed E-state index contributed by atoms with van der Waals surface area (Å²) in [5.74, 6) is 0.795. The van der Waals surface area contributed by atoms with Gasteiger partial charge in [0, 0.05) is 11.3 Å². The largest absolute Gasteiger partial charge is 0.395 e. The number of thioether (sulfide) groups is 1. The molecule has 0 radical (unpaired) electrons. The molecule has 16 heavy (non-hydrogen) atoms. The van der Waals surface area contributed by atoms with Gasteiger partial charge in [-0.3, -0.25) is 0 Å². The van der Waals surface area contributed by atoms with E-state index >= 15 is 0 Å². The summed E-state index contributed by atoms with van der Waals surface area (Å²) in [7, 11) is 0. The molecule has 0 aliphatic rings. The quantitative estimate of drug-likeness (QED) is 0.622. The van der Waals surface area contributed by atoms with E-state index in [1.807, 2.05) is 0 Å². The minimum Gasteiger partial charge on any atom is -0.395 e. The lowest BCUT2D eigenvalue weighted by molar-refractivity contribution is 0.271. The summed E-state index contributed by atoms with van der Waals surface area (Å²) < 4.78 is 0. The molecule has 98 valence electrons. The summed E-state index contributed by atoms with van der Waals surface area (Å²) in [4.78, 5) is 0. The molecule has 0 heterocycles. The minimum absolute atomic E-state index is 0.265. The third-order valence-electron chi connectivity index (χ3n) is 3.31. The summed E-state index contributed by atoms with van der Waals surface area (Å²) in [6.07, 6.45) is 7.27. The second kappa shape index (κ2) is 10.4. The molecule has 2 nitrogen and oxygen atoms in total. The summed E-state index contributed by atoms with van der Waals surface area (Å²) >= 11 is 1.74. The number of nitrogens with one attached hydrogen (secondary N) is 1. The van der Waals surface area contributed by atoms with Crippen LogP contribution in [-0.4, -0.2) is 35.8 Å². The molecule has 0 amide bonds. The van der Waals surface area contributed by atoms with Crippen molar-refractivity contribution in [2.75, 3.05) is 19.4 Å². The second-order valence-electron chi connectivity index (χ2n) is 4.57. The van der Waals surface area contributed by atoms with Gasteiger partial charge in [-0.2, -0.15) is 11.8 Å².